The van der Waals surface area contributed by atoms with Gasteiger partial charge in [0.25, 0.3) is 5.91 Å². The van der Waals surface area contributed by atoms with Gasteiger partial charge in [0.05, 0.1) is 35.6 Å². The van der Waals surface area contributed by atoms with Gasteiger partial charge >= 0.3 is 51.4 Å². The smallest absolute Gasteiger partial charge is 0.748 e. The van der Waals surface area contributed by atoms with Crippen LogP contribution in [0.15, 0.2) is 41.9 Å². The molecule has 0 atom stereocenters. The van der Waals surface area contributed by atoms with Crippen molar-refractivity contribution < 1.29 is 83.7 Å². The number of carbonyl (C=O) groups is 1. The van der Waals surface area contributed by atoms with Crippen LogP contribution in [0.3, 0.4) is 0 Å². The summed E-state index contributed by atoms with van der Waals surface area (Å²) in [7, 11) is -2.79. The van der Waals surface area contributed by atoms with Crippen molar-refractivity contribution in [2.75, 3.05) is 50.6 Å². The Morgan fingerprint density at radius 1 is 1.24 bits per heavy atom. The predicted octanol–water partition coefficient (Wildman–Crippen LogP) is -1.73. The van der Waals surface area contributed by atoms with Gasteiger partial charge in [-0.25, -0.2) is 8.42 Å². The Bertz CT molecular complexity index is 1100. The minimum Gasteiger partial charge on any atom is -0.748 e. The number of allylic oxidation sites excluding steroid dienone is 2. The molecule has 1 amide bonds. The Balaban J connectivity index is 0.00000408. The third-order valence-corrected chi connectivity index (χ3v) is 6.40. The van der Waals surface area contributed by atoms with Crippen molar-refractivity contribution in [3.63, 3.8) is 0 Å². The summed E-state index contributed by atoms with van der Waals surface area (Å²) in [4.78, 5) is 17.4. The number of hydrogen-bond donors (Lipinski definition) is 1. The van der Waals surface area contributed by atoms with Gasteiger partial charge in [-0.2, -0.15) is 0 Å². The SMILES string of the molecule is CN1C(=O)/C(=C\C=C2/Oc3ccc(Cl)cc3N2CCCS(=O)(=O)[O-])N(CCOCCO)C1=S.[K+]. The van der Waals surface area contributed by atoms with E-state index in [1.165, 1.54) is 4.90 Å². The van der Waals surface area contributed by atoms with Crippen molar-refractivity contribution in [3.8, 4) is 5.75 Å². The number of amides is 1. The number of thiocarbonyl (C=S) groups is 1. The zero-order chi connectivity index (χ0) is 24.2. The van der Waals surface area contributed by atoms with Crippen molar-refractivity contribution >= 4 is 50.6 Å². The van der Waals surface area contributed by atoms with E-state index in [2.05, 4.69) is 0 Å². The summed E-state index contributed by atoms with van der Waals surface area (Å²) in [5, 5.41) is 9.63. The number of aliphatic hydroxyl groups is 1. The summed E-state index contributed by atoms with van der Waals surface area (Å²) in [6, 6.07) is 5.01. The number of nitrogens with zero attached hydrogens (tertiary/aromatic N) is 3. The fourth-order valence-corrected chi connectivity index (χ4v) is 4.26. The molecule has 0 saturated carbocycles. The number of fused-ring (bicyclic) bond motifs is 1. The van der Waals surface area contributed by atoms with Crippen molar-refractivity contribution in [2.24, 2.45) is 0 Å². The van der Waals surface area contributed by atoms with Crippen LogP contribution in [0.2, 0.25) is 5.02 Å². The Morgan fingerprint density at radius 2 is 1.97 bits per heavy atom. The maximum Gasteiger partial charge on any atom is 1.00 e. The van der Waals surface area contributed by atoms with Crippen LogP contribution in [0, 0.1) is 0 Å². The van der Waals surface area contributed by atoms with Gasteiger partial charge in [-0.1, -0.05) is 11.6 Å². The van der Waals surface area contributed by atoms with Crippen LogP contribution in [0.25, 0.3) is 0 Å². The molecule has 1 aromatic carbocycles. The topological polar surface area (TPSA) is 123 Å². The van der Waals surface area contributed by atoms with Gasteiger partial charge in [-0.3, -0.25) is 9.69 Å². The Kier molecular flexibility index (Phi) is 11.4. The molecule has 34 heavy (non-hydrogen) atoms. The number of benzene rings is 1. The zero-order valence-corrected chi connectivity index (χ0v) is 24.3. The minimum absolute atomic E-state index is 0. The summed E-state index contributed by atoms with van der Waals surface area (Å²) < 4.78 is 44.2. The molecule has 2 heterocycles. The zero-order valence-electron chi connectivity index (χ0n) is 18.8. The van der Waals surface area contributed by atoms with E-state index in [1.807, 2.05) is 0 Å². The van der Waals surface area contributed by atoms with Crippen LogP contribution in [0.1, 0.15) is 6.42 Å². The Labute approximate surface area is 251 Å². The van der Waals surface area contributed by atoms with Gasteiger partial charge in [-0.15, -0.1) is 0 Å². The molecule has 1 saturated heterocycles. The molecular formula is C20H23ClKN3O7S2. The number of halogens is 1. The number of likely N-dealkylation sites (N-methyl/N-ethyl adjacent to an activating group) is 1. The molecule has 10 nitrogen and oxygen atoms in total. The molecule has 180 valence electrons. The second-order valence-electron chi connectivity index (χ2n) is 7.17. The van der Waals surface area contributed by atoms with Crippen LogP contribution in [0.5, 0.6) is 5.75 Å². The number of anilines is 1. The molecule has 0 spiro atoms. The molecule has 1 aromatic rings. The van der Waals surface area contributed by atoms with Gasteiger partial charge in [0, 0.05) is 37.0 Å². The molecule has 1 fully saturated rings. The quantitative estimate of drug-likeness (QED) is 0.117. The Morgan fingerprint density at radius 3 is 2.65 bits per heavy atom. The normalized spacial score (nSPS) is 18.1. The summed E-state index contributed by atoms with van der Waals surface area (Å²) in [6.07, 6.45) is 3.22. The molecule has 3 rings (SSSR count). The third-order valence-electron chi connectivity index (χ3n) is 4.88. The van der Waals surface area contributed by atoms with E-state index in [-0.39, 0.29) is 90.1 Å². The number of hydrogen-bond acceptors (Lipinski definition) is 9. The van der Waals surface area contributed by atoms with Gasteiger partial charge < -0.3 is 28.9 Å². The van der Waals surface area contributed by atoms with Gasteiger partial charge in [-0.05, 0) is 42.9 Å². The molecule has 0 unspecified atom stereocenters. The molecule has 2 aliphatic rings. The van der Waals surface area contributed by atoms with E-state index < -0.39 is 15.9 Å². The number of carbonyl (C=O) groups excluding carboxylic acids is 1. The fourth-order valence-electron chi connectivity index (χ4n) is 3.34. The van der Waals surface area contributed by atoms with E-state index in [0.717, 1.165) is 0 Å². The van der Waals surface area contributed by atoms with Crippen molar-refractivity contribution in [1.82, 2.24) is 9.80 Å². The average Bonchev–Trinajstić information content (AvgIpc) is 3.18. The summed E-state index contributed by atoms with van der Waals surface area (Å²) in [5.74, 6) is 0.0236. The number of aliphatic hydroxyl groups excluding tert-OH is 1. The van der Waals surface area contributed by atoms with Gasteiger partial charge in [0.1, 0.15) is 5.70 Å². The number of ether oxygens (including phenoxy) is 2. The molecule has 1 N–H and O–H groups in total. The summed E-state index contributed by atoms with van der Waals surface area (Å²) in [5.41, 5.74) is 0.928. The molecule has 0 radical (unpaired) electrons. The molecule has 2 aliphatic heterocycles. The van der Waals surface area contributed by atoms with Crippen molar-refractivity contribution in [1.29, 1.82) is 0 Å². The predicted molar refractivity (Wildman–Crippen MR) is 125 cm³/mol. The first kappa shape index (κ1) is 29.6. The van der Waals surface area contributed by atoms with E-state index in [9.17, 15) is 17.8 Å². The first-order chi connectivity index (χ1) is 15.6. The standard InChI is InChI=1S/C20H24ClN3O7S2.K/c1-22-19(26)15(24(20(22)32)8-10-30-11-9-25)4-6-18-23(7-2-12-33(27,28)29)16-13-14(21)3-5-17(16)31-18;/h3-6,13,25H,2,7-12H2,1H3,(H,27,28,29);/q;+1/p-1/b15-4+,18-6-;. The second kappa shape index (κ2) is 13.1. The Hall–Kier alpha value is -0.584. The van der Waals surface area contributed by atoms with Gasteiger partial charge in [0.2, 0.25) is 5.88 Å². The molecule has 0 aliphatic carbocycles. The maximum atomic E-state index is 12.7. The molecule has 0 bridgehead atoms. The number of rotatable bonds is 10. The van der Waals surface area contributed by atoms with E-state index in [4.69, 9.17) is 38.4 Å². The largest absolute Gasteiger partial charge is 1.00 e. The minimum atomic E-state index is -4.36. The summed E-state index contributed by atoms with van der Waals surface area (Å²) >= 11 is 11.5. The average molecular weight is 556 g/mol. The first-order valence-corrected chi connectivity index (χ1v) is 12.4. The third kappa shape index (κ3) is 7.46. The van der Waals surface area contributed by atoms with Crippen LogP contribution in [-0.2, 0) is 19.6 Å². The second-order valence-corrected chi connectivity index (χ2v) is 9.50. The van der Waals surface area contributed by atoms with Crippen molar-refractivity contribution in [3.05, 3.63) is 47.0 Å². The van der Waals surface area contributed by atoms with Crippen LogP contribution < -0.4 is 61.0 Å². The van der Waals surface area contributed by atoms with Crippen LogP contribution >= 0.6 is 23.8 Å². The van der Waals surface area contributed by atoms with Crippen LogP contribution in [-0.4, -0.2) is 84.6 Å². The molecule has 0 aromatic heterocycles. The monoisotopic (exact) mass is 555 g/mol. The summed E-state index contributed by atoms with van der Waals surface area (Å²) in [6.45, 7) is 0.825. The van der Waals surface area contributed by atoms with Crippen molar-refractivity contribution in [2.45, 2.75) is 6.42 Å². The molecular weight excluding hydrogens is 533 g/mol. The van der Waals surface area contributed by atoms with E-state index in [1.54, 1.807) is 47.2 Å². The fraction of sp³-hybridized carbons (Fsp3) is 0.400. The van der Waals surface area contributed by atoms with Gasteiger partial charge in [0.15, 0.2) is 10.9 Å². The molecule has 14 heteroatoms. The van der Waals surface area contributed by atoms with Crippen LogP contribution in [0.4, 0.5) is 5.69 Å². The maximum absolute atomic E-state index is 12.7. The first-order valence-electron chi connectivity index (χ1n) is 10.0. The van der Waals surface area contributed by atoms with E-state index in [0.29, 0.717) is 39.7 Å². The van der Waals surface area contributed by atoms with E-state index >= 15 is 0 Å².